The predicted octanol–water partition coefficient (Wildman–Crippen LogP) is -5.57. The molecule has 5 atom stereocenters. The van der Waals surface area contributed by atoms with Gasteiger partial charge < -0.3 is 40.4 Å². The largest absolute Gasteiger partial charge is 2.00 e. The molecule has 104 valence electrons. The first-order chi connectivity index (χ1) is 7.22. The summed E-state index contributed by atoms with van der Waals surface area (Å²) in [6.07, 6.45) is -9.21. The molecule has 1 fully saturated rings. The van der Waals surface area contributed by atoms with Crippen LogP contribution in [-0.2, 0) is 13.8 Å². The van der Waals surface area contributed by atoms with Crippen molar-refractivity contribution in [3.8, 4) is 0 Å². The van der Waals surface area contributed by atoms with Crippen LogP contribution < -0.4 is 10.2 Å². The summed E-state index contributed by atoms with van der Waals surface area (Å²) >= 11 is 0. The number of aliphatic hydroxyl groups excluding tert-OH is 2. The zero-order valence-corrected chi connectivity index (χ0v) is 14.4. The van der Waals surface area contributed by atoms with Gasteiger partial charge in [-0.15, -0.1) is 0 Å². The molecule has 0 spiro atoms. The Kier molecular flexibility index (Phi) is 10.5. The standard InChI is InChI=1S/C6H11O9P.Ba.H2O/c7-3-2(1-14-16(11,12)13)15-6(10)5(9)4(3)8;;/h2-8H,1H2,(H2,11,12,13);;1H2/q-2;+2;/t2-,3-,4+,5-,6+;;/m1../s1. The van der Waals surface area contributed by atoms with Crippen molar-refractivity contribution in [2.45, 2.75) is 30.7 Å². The van der Waals surface area contributed by atoms with E-state index in [4.69, 9.17) is 14.9 Å². The van der Waals surface area contributed by atoms with Crippen LogP contribution in [0.1, 0.15) is 0 Å². The molecular weight excluding hydrogens is 400 g/mol. The SMILES string of the molecule is O.O=P(O)(O)OC[C@H]1O[C@H]([O-])[C@H]([O-])[C@@H](O)[C@@H]1O.[Ba+2]. The van der Waals surface area contributed by atoms with Gasteiger partial charge in [-0.1, -0.05) is 6.10 Å². The molecule has 0 saturated carbocycles. The number of rotatable bonds is 3. The first-order valence-corrected chi connectivity index (χ1v) is 5.78. The summed E-state index contributed by atoms with van der Waals surface area (Å²) in [4.78, 5) is 16.7. The van der Waals surface area contributed by atoms with Gasteiger partial charge in [-0.05, 0) is 6.29 Å². The number of hydrogen-bond donors (Lipinski definition) is 4. The van der Waals surface area contributed by atoms with Crippen LogP contribution >= 0.6 is 7.82 Å². The third-order valence-corrected chi connectivity index (χ3v) is 2.54. The maximum absolute atomic E-state index is 10.9. The maximum atomic E-state index is 10.9. The van der Waals surface area contributed by atoms with Crippen molar-refractivity contribution >= 4 is 56.7 Å². The van der Waals surface area contributed by atoms with E-state index in [0.29, 0.717) is 0 Å². The third kappa shape index (κ3) is 6.26. The maximum Gasteiger partial charge on any atom is 2.00 e. The Balaban J connectivity index is 0. The molecule has 6 N–H and O–H groups in total. The van der Waals surface area contributed by atoms with Crippen LogP contribution in [0.4, 0.5) is 0 Å². The Hall–Kier alpha value is 1.44. The molecule has 1 rings (SSSR count). The fourth-order valence-electron chi connectivity index (χ4n) is 1.21. The third-order valence-electron chi connectivity index (χ3n) is 2.05. The molecule has 0 unspecified atom stereocenters. The van der Waals surface area contributed by atoms with E-state index >= 15 is 0 Å². The van der Waals surface area contributed by atoms with Crippen LogP contribution in [0.25, 0.3) is 0 Å². The molecule has 1 aliphatic rings. The molecule has 12 heteroatoms. The molecular formula is C6H13BaO10P. The minimum atomic E-state index is -4.77. The first-order valence-electron chi connectivity index (χ1n) is 4.25. The van der Waals surface area contributed by atoms with Crippen LogP contribution in [-0.4, -0.2) is 112 Å². The van der Waals surface area contributed by atoms with E-state index in [1.165, 1.54) is 0 Å². The van der Waals surface area contributed by atoms with Crippen molar-refractivity contribution in [1.29, 1.82) is 0 Å². The quantitative estimate of drug-likeness (QED) is 0.258. The average Bonchev–Trinajstić information content (AvgIpc) is 2.17. The summed E-state index contributed by atoms with van der Waals surface area (Å²) in [5, 5.41) is 40.2. The Labute approximate surface area is 142 Å². The molecule has 1 saturated heterocycles. The molecule has 0 aliphatic carbocycles. The fraction of sp³-hybridized carbons (Fsp3) is 1.00. The minimum absolute atomic E-state index is 0. The molecule has 0 amide bonds. The van der Waals surface area contributed by atoms with Crippen LogP contribution in [0, 0.1) is 0 Å². The number of phosphoric acid groups is 1. The smallest absolute Gasteiger partial charge is 0.849 e. The van der Waals surface area contributed by atoms with Crippen molar-refractivity contribution in [2.75, 3.05) is 6.61 Å². The van der Waals surface area contributed by atoms with E-state index in [1.807, 2.05) is 0 Å². The van der Waals surface area contributed by atoms with E-state index < -0.39 is 45.1 Å². The Morgan fingerprint density at radius 2 is 1.72 bits per heavy atom. The zero-order valence-electron chi connectivity index (χ0n) is 9.08. The number of phosphoric ester groups is 1. The van der Waals surface area contributed by atoms with Crippen molar-refractivity contribution in [2.24, 2.45) is 0 Å². The van der Waals surface area contributed by atoms with Gasteiger partial charge in [0.05, 0.1) is 12.7 Å². The van der Waals surface area contributed by atoms with Crippen molar-refractivity contribution < 1.29 is 49.5 Å². The topological polar surface area (TPSA) is 194 Å². The molecule has 0 aromatic carbocycles. The van der Waals surface area contributed by atoms with Gasteiger partial charge in [0, 0.05) is 0 Å². The second-order valence-corrected chi connectivity index (χ2v) is 4.51. The van der Waals surface area contributed by atoms with E-state index in [-0.39, 0.29) is 54.4 Å². The second kappa shape index (κ2) is 8.67. The van der Waals surface area contributed by atoms with Gasteiger partial charge in [0.15, 0.2) is 0 Å². The Bertz CT molecular complexity index is 284. The van der Waals surface area contributed by atoms with Crippen LogP contribution in [0.3, 0.4) is 0 Å². The molecule has 1 aliphatic heterocycles. The fourth-order valence-corrected chi connectivity index (χ4v) is 1.56. The molecule has 18 heavy (non-hydrogen) atoms. The summed E-state index contributed by atoms with van der Waals surface area (Å²) in [5.74, 6) is 0. The second-order valence-electron chi connectivity index (χ2n) is 3.28. The van der Waals surface area contributed by atoms with Gasteiger partial charge in [-0.3, -0.25) is 4.52 Å². The van der Waals surface area contributed by atoms with E-state index in [1.54, 1.807) is 0 Å². The summed E-state index contributed by atoms with van der Waals surface area (Å²) < 4.78 is 18.8. The summed E-state index contributed by atoms with van der Waals surface area (Å²) in [7, 11) is -4.77. The molecule has 0 bridgehead atoms. The van der Waals surface area contributed by atoms with Crippen molar-refractivity contribution in [3.63, 3.8) is 0 Å². The predicted molar refractivity (Wildman–Crippen MR) is 51.8 cm³/mol. The van der Waals surface area contributed by atoms with Crippen molar-refractivity contribution in [1.82, 2.24) is 0 Å². The molecule has 1 heterocycles. The van der Waals surface area contributed by atoms with Gasteiger partial charge in [0.25, 0.3) is 0 Å². The normalized spacial score (nSPS) is 36.4. The molecule has 0 aromatic heterocycles. The zero-order chi connectivity index (χ0) is 12.5. The van der Waals surface area contributed by atoms with Gasteiger partial charge in [-0.25, -0.2) is 4.57 Å². The van der Waals surface area contributed by atoms with Gasteiger partial charge in [0.1, 0.15) is 12.2 Å². The van der Waals surface area contributed by atoms with E-state index in [2.05, 4.69) is 9.26 Å². The van der Waals surface area contributed by atoms with Crippen LogP contribution in [0.15, 0.2) is 0 Å². The van der Waals surface area contributed by atoms with E-state index in [0.717, 1.165) is 0 Å². The molecule has 10 nitrogen and oxygen atoms in total. The van der Waals surface area contributed by atoms with Crippen LogP contribution in [0.2, 0.25) is 0 Å². The number of ether oxygens (including phenoxy) is 1. The van der Waals surface area contributed by atoms with Gasteiger partial charge >= 0.3 is 56.7 Å². The Morgan fingerprint density at radius 3 is 2.17 bits per heavy atom. The van der Waals surface area contributed by atoms with Gasteiger partial charge in [0.2, 0.25) is 0 Å². The minimum Gasteiger partial charge on any atom is -0.849 e. The van der Waals surface area contributed by atoms with Gasteiger partial charge in [-0.2, -0.15) is 0 Å². The van der Waals surface area contributed by atoms with Crippen molar-refractivity contribution in [3.05, 3.63) is 0 Å². The summed E-state index contributed by atoms with van der Waals surface area (Å²) in [6, 6.07) is 0. The molecule has 0 aromatic rings. The average molecular weight is 413 g/mol. The first kappa shape index (κ1) is 21.7. The molecule has 0 radical (unpaired) electrons. The number of hydrogen-bond acceptors (Lipinski definition) is 7. The number of aliphatic hydroxyl groups is 2. The Morgan fingerprint density at radius 1 is 1.22 bits per heavy atom. The summed E-state index contributed by atoms with van der Waals surface area (Å²) in [5.41, 5.74) is 0. The van der Waals surface area contributed by atoms with Crippen LogP contribution in [0.5, 0.6) is 0 Å². The summed E-state index contributed by atoms with van der Waals surface area (Å²) in [6.45, 7) is -0.798. The van der Waals surface area contributed by atoms with E-state index in [9.17, 15) is 19.9 Å². The monoisotopic (exact) mass is 414 g/mol.